The van der Waals surface area contributed by atoms with E-state index in [2.05, 4.69) is 5.32 Å². The minimum absolute atomic E-state index is 0.134. The maximum atomic E-state index is 12.1. The molecule has 0 aromatic rings. The fourth-order valence-corrected chi connectivity index (χ4v) is 3.23. The van der Waals surface area contributed by atoms with Crippen LogP contribution in [0.5, 0.6) is 0 Å². The van der Waals surface area contributed by atoms with Gasteiger partial charge in [-0.1, -0.05) is 6.42 Å². The van der Waals surface area contributed by atoms with Gasteiger partial charge in [0.2, 0.25) is 5.91 Å². The lowest BCUT2D eigenvalue weighted by molar-refractivity contribution is -0.147. The average molecular weight is 299 g/mol. The van der Waals surface area contributed by atoms with Crippen LogP contribution in [-0.2, 0) is 19.1 Å². The fraction of sp³-hybridized carbons (Fsp3) is 0.786. The van der Waals surface area contributed by atoms with Gasteiger partial charge in [0.25, 0.3) is 0 Å². The maximum absolute atomic E-state index is 12.1. The van der Waals surface area contributed by atoms with Crippen LogP contribution in [0.3, 0.4) is 0 Å². The van der Waals surface area contributed by atoms with E-state index in [9.17, 15) is 19.5 Å². The van der Waals surface area contributed by atoms with Crippen LogP contribution in [0.15, 0.2) is 0 Å². The quantitative estimate of drug-likeness (QED) is 0.566. The van der Waals surface area contributed by atoms with Crippen molar-refractivity contribution in [2.75, 3.05) is 6.54 Å². The summed E-state index contributed by atoms with van der Waals surface area (Å²) in [5.74, 6) is -3.38. The Bertz CT molecular complexity index is 424. The summed E-state index contributed by atoms with van der Waals surface area (Å²) < 4.78 is 5.54. The zero-order valence-corrected chi connectivity index (χ0v) is 11.8. The van der Waals surface area contributed by atoms with Crippen LogP contribution in [0.1, 0.15) is 38.5 Å². The third-order valence-electron chi connectivity index (χ3n) is 4.23. The van der Waals surface area contributed by atoms with Crippen molar-refractivity contribution in [1.82, 2.24) is 5.32 Å². The number of carboxylic acids is 2. The molecule has 2 unspecified atom stereocenters. The molecule has 0 aromatic carbocycles. The van der Waals surface area contributed by atoms with Crippen LogP contribution >= 0.6 is 0 Å². The average Bonchev–Trinajstić information content (AvgIpc) is 3.02. The number of nitrogens with one attached hydrogen (secondary N) is 1. The van der Waals surface area contributed by atoms with Gasteiger partial charge in [-0.05, 0) is 25.7 Å². The van der Waals surface area contributed by atoms with E-state index in [4.69, 9.17) is 9.84 Å². The molecule has 2 fully saturated rings. The van der Waals surface area contributed by atoms with Gasteiger partial charge in [-0.3, -0.25) is 14.4 Å². The van der Waals surface area contributed by atoms with Gasteiger partial charge in [-0.2, -0.15) is 0 Å². The van der Waals surface area contributed by atoms with E-state index < -0.39 is 23.8 Å². The Morgan fingerprint density at radius 2 is 1.67 bits per heavy atom. The highest BCUT2D eigenvalue weighted by Crippen LogP contribution is 2.43. The predicted molar refractivity (Wildman–Crippen MR) is 71.6 cm³/mol. The second-order valence-corrected chi connectivity index (χ2v) is 5.68. The minimum Gasteiger partial charge on any atom is -0.481 e. The summed E-state index contributed by atoms with van der Waals surface area (Å²) in [5, 5.41) is 20.5. The summed E-state index contributed by atoms with van der Waals surface area (Å²) in [4.78, 5) is 33.8. The molecule has 0 spiro atoms. The molecule has 0 aliphatic carbocycles. The van der Waals surface area contributed by atoms with E-state index in [1.807, 2.05) is 0 Å². The predicted octanol–water partition coefficient (Wildman–Crippen LogP) is 0.626. The lowest BCUT2D eigenvalue weighted by atomic mass is 9.78. The number of hydrogen-bond acceptors (Lipinski definition) is 4. The molecule has 2 aliphatic rings. The summed E-state index contributed by atoms with van der Waals surface area (Å²) in [6.07, 6.45) is 2.98. The third kappa shape index (κ3) is 3.72. The van der Waals surface area contributed by atoms with E-state index in [1.54, 1.807) is 0 Å². The number of amides is 1. The van der Waals surface area contributed by atoms with Gasteiger partial charge in [0.05, 0.1) is 24.0 Å². The lowest BCUT2D eigenvalue weighted by Crippen LogP contribution is -2.44. The Morgan fingerprint density at radius 3 is 2.29 bits per heavy atom. The van der Waals surface area contributed by atoms with Crippen LogP contribution in [0.2, 0.25) is 0 Å². The summed E-state index contributed by atoms with van der Waals surface area (Å²) in [6.45, 7) is 0.443. The van der Waals surface area contributed by atoms with E-state index in [0.717, 1.165) is 12.8 Å². The van der Waals surface area contributed by atoms with Gasteiger partial charge in [0.1, 0.15) is 0 Å². The molecule has 2 aliphatic heterocycles. The largest absolute Gasteiger partial charge is 0.481 e. The van der Waals surface area contributed by atoms with Crippen LogP contribution in [0, 0.1) is 11.8 Å². The number of ether oxygens (including phenoxy) is 1. The third-order valence-corrected chi connectivity index (χ3v) is 4.23. The number of fused-ring (bicyclic) bond motifs is 2. The normalized spacial score (nSPS) is 30.3. The monoisotopic (exact) mass is 299 g/mol. The summed E-state index contributed by atoms with van der Waals surface area (Å²) in [6, 6.07) is 0. The SMILES string of the molecule is O=C(O)CCCCCNC(=O)C1C(C(=O)O)[C@H]2CC[C@H]1O2. The molecule has 21 heavy (non-hydrogen) atoms. The van der Waals surface area contributed by atoms with Gasteiger partial charge in [0, 0.05) is 13.0 Å². The number of hydrogen-bond donors (Lipinski definition) is 3. The van der Waals surface area contributed by atoms with Crippen LogP contribution < -0.4 is 5.32 Å². The van der Waals surface area contributed by atoms with Crippen molar-refractivity contribution in [3.63, 3.8) is 0 Å². The van der Waals surface area contributed by atoms with E-state index in [0.29, 0.717) is 25.8 Å². The first-order valence-electron chi connectivity index (χ1n) is 7.38. The molecule has 2 bridgehead atoms. The van der Waals surface area contributed by atoms with Crippen molar-refractivity contribution in [3.05, 3.63) is 0 Å². The van der Waals surface area contributed by atoms with Crippen molar-refractivity contribution >= 4 is 17.8 Å². The Kier molecular flexibility index (Phi) is 5.17. The number of aliphatic carboxylic acids is 2. The van der Waals surface area contributed by atoms with Crippen LogP contribution in [0.25, 0.3) is 0 Å². The lowest BCUT2D eigenvalue weighted by Gasteiger charge is -2.23. The Labute approximate surface area is 122 Å². The molecular formula is C14H21NO6. The number of rotatable bonds is 8. The molecule has 2 saturated heterocycles. The number of unbranched alkanes of at least 4 members (excludes halogenated alkanes) is 2. The molecule has 4 atom stereocenters. The topological polar surface area (TPSA) is 113 Å². The first-order valence-corrected chi connectivity index (χ1v) is 7.38. The van der Waals surface area contributed by atoms with Crippen molar-refractivity contribution in [3.8, 4) is 0 Å². The van der Waals surface area contributed by atoms with Gasteiger partial charge in [-0.15, -0.1) is 0 Å². The smallest absolute Gasteiger partial charge is 0.310 e. The van der Waals surface area contributed by atoms with E-state index in [-0.39, 0.29) is 24.5 Å². The van der Waals surface area contributed by atoms with Crippen LogP contribution in [-0.4, -0.2) is 46.8 Å². The number of carbonyl (C=O) groups is 3. The first kappa shape index (κ1) is 15.8. The summed E-state index contributed by atoms with van der Waals surface area (Å²) >= 11 is 0. The molecule has 0 radical (unpaired) electrons. The fourth-order valence-electron chi connectivity index (χ4n) is 3.23. The molecule has 7 heteroatoms. The Hall–Kier alpha value is -1.63. The van der Waals surface area contributed by atoms with Gasteiger partial charge in [0.15, 0.2) is 0 Å². The highest BCUT2D eigenvalue weighted by atomic mass is 16.5. The van der Waals surface area contributed by atoms with Gasteiger partial charge < -0.3 is 20.3 Å². The highest BCUT2D eigenvalue weighted by Gasteiger charge is 2.55. The number of carboxylic acid groups (broad SMARTS) is 2. The highest BCUT2D eigenvalue weighted by molar-refractivity contribution is 5.86. The van der Waals surface area contributed by atoms with Crippen molar-refractivity contribution in [2.45, 2.75) is 50.7 Å². The summed E-state index contributed by atoms with van der Waals surface area (Å²) in [7, 11) is 0. The molecule has 0 aromatic heterocycles. The van der Waals surface area contributed by atoms with Crippen LogP contribution in [0.4, 0.5) is 0 Å². The van der Waals surface area contributed by atoms with E-state index >= 15 is 0 Å². The van der Waals surface area contributed by atoms with E-state index in [1.165, 1.54) is 0 Å². The molecule has 0 saturated carbocycles. The molecule has 2 rings (SSSR count). The van der Waals surface area contributed by atoms with Gasteiger partial charge >= 0.3 is 11.9 Å². The number of carbonyl (C=O) groups excluding carboxylic acids is 1. The standard InChI is InChI=1S/C14H21NO6/c16-10(17)4-2-1-3-7-15-13(18)11-8-5-6-9(21-8)12(11)14(19)20/h8-9,11-12H,1-7H2,(H,15,18)(H,16,17)(H,19,20)/t8-,9-,11?,12?/m1/s1. The molecule has 3 N–H and O–H groups in total. The second-order valence-electron chi connectivity index (χ2n) is 5.68. The molecule has 118 valence electrons. The Morgan fingerprint density at radius 1 is 1.00 bits per heavy atom. The van der Waals surface area contributed by atoms with Crippen molar-refractivity contribution < 1.29 is 29.3 Å². The minimum atomic E-state index is -0.969. The molecule has 7 nitrogen and oxygen atoms in total. The zero-order chi connectivity index (χ0) is 15.4. The molecule has 2 heterocycles. The first-order chi connectivity index (χ1) is 10.0. The second kappa shape index (κ2) is 6.89. The van der Waals surface area contributed by atoms with Gasteiger partial charge in [-0.25, -0.2) is 0 Å². The maximum Gasteiger partial charge on any atom is 0.310 e. The molecule has 1 amide bonds. The molecular weight excluding hydrogens is 278 g/mol. The zero-order valence-electron chi connectivity index (χ0n) is 11.8. The van der Waals surface area contributed by atoms with Crippen molar-refractivity contribution in [1.29, 1.82) is 0 Å². The summed E-state index contributed by atoms with van der Waals surface area (Å²) in [5.41, 5.74) is 0. The van der Waals surface area contributed by atoms with Crippen molar-refractivity contribution in [2.24, 2.45) is 11.8 Å². The Balaban J connectivity index is 1.73.